The molecule has 5 nitrogen and oxygen atoms in total. The van der Waals surface area contributed by atoms with Crippen molar-refractivity contribution < 1.29 is 9.59 Å². The maximum Gasteiger partial charge on any atom is 0.253 e. The number of hydrogen-bond acceptors (Lipinski definition) is 3. The molecule has 0 radical (unpaired) electrons. The fraction of sp³-hybridized carbons (Fsp3) is 0.167. The van der Waals surface area contributed by atoms with Gasteiger partial charge in [-0.15, -0.1) is 0 Å². The molecule has 1 aliphatic carbocycles. The number of nitrogens with one attached hydrogen (secondary N) is 3. The van der Waals surface area contributed by atoms with Gasteiger partial charge in [0, 0.05) is 17.4 Å². The standard InChI is InChI=1S/C24H23N3O2/c28-23(26-19-12-10-18(11-13-19)17-6-2-1-3-7-17)16-25-22-9-5-4-8-21(22)24(29)27-20-14-15-20/h1-13,20,25H,14-16H2,(H,26,28)(H,27,29). The van der Waals surface area contributed by atoms with E-state index >= 15 is 0 Å². The molecule has 1 fully saturated rings. The zero-order chi connectivity index (χ0) is 20.1. The van der Waals surface area contributed by atoms with E-state index in [1.54, 1.807) is 6.07 Å². The molecule has 5 heteroatoms. The number of anilines is 2. The highest BCUT2D eigenvalue weighted by Gasteiger charge is 2.24. The summed E-state index contributed by atoms with van der Waals surface area (Å²) in [4.78, 5) is 24.7. The number of rotatable bonds is 7. The normalized spacial score (nSPS) is 12.8. The van der Waals surface area contributed by atoms with Gasteiger partial charge >= 0.3 is 0 Å². The van der Waals surface area contributed by atoms with Crippen LogP contribution < -0.4 is 16.0 Å². The van der Waals surface area contributed by atoms with Crippen molar-refractivity contribution in [1.82, 2.24) is 5.32 Å². The Morgan fingerprint density at radius 3 is 2.17 bits per heavy atom. The SMILES string of the molecule is O=C(CNc1ccccc1C(=O)NC1CC1)Nc1ccc(-c2ccccc2)cc1. The predicted octanol–water partition coefficient (Wildman–Crippen LogP) is 4.30. The van der Waals surface area contributed by atoms with Crippen LogP contribution in [0.15, 0.2) is 78.9 Å². The fourth-order valence-electron chi connectivity index (χ4n) is 3.08. The number of para-hydroxylation sites is 1. The summed E-state index contributed by atoms with van der Waals surface area (Å²) in [6.45, 7) is 0.0775. The molecule has 3 aromatic rings. The molecular formula is C24H23N3O2. The summed E-state index contributed by atoms with van der Waals surface area (Å²) in [6, 6.07) is 25.3. The summed E-state index contributed by atoms with van der Waals surface area (Å²) in [7, 11) is 0. The molecule has 0 heterocycles. The van der Waals surface area contributed by atoms with Crippen LogP contribution in [0.2, 0.25) is 0 Å². The average molecular weight is 385 g/mol. The molecule has 1 saturated carbocycles. The minimum atomic E-state index is -0.171. The van der Waals surface area contributed by atoms with Crippen LogP contribution in [0, 0.1) is 0 Å². The van der Waals surface area contributed by atoms with E-state index in [2.05, 4.69) is 16.0 Å². The zero-order valence-electron chi connectivity index (χ0n) is 16.0. The van der Waals surface area contributed by atoms with Gasteiger partial charge in [-0.1, -0.05) is 54.6 Å². The Morgan fingerprint density at radius 2 is 1.45 bits per heavy atom. The van der Waals surface area contributed by atoms with Crippen molar-refractivity contribution in [2.24, 2.45) is 0 Å². The molecule has 0 aromatic heterocycles. The van der Waals surface area contributed by atoms with Gasteiger partial charge in [0.2, 0.25) is 5.91 Å². The molecule has 146 valence electrons. The molecule has 3 N–H and O–H groups in total. The monoisotopic (exact) mass is 385 g/mol. The Balaban J connectivity index is 1.34. The third kappa shape index (κ3) is 5.02. The van der Waals surface area contributed by atoms with Gasteiger partial charge in [0.05, 0.1) is 12.1 Å². The van der Waals surface area contributed by atoms with Crippen molar-refractivity contribution in [1.29, 1.82) is 0 Å². The van der Waals surface area contributed by atoms with Gasteiger partial charge in [0.1, 0.15) is 0 Å². The van der Waals surface area contributed by atoms with Crippen molar-refractivity contribution in [3.05, 3.63) is 84.4 Å². The quantitative estimate of drug-likeness (QED) is 0.568. The number of carbonyl (C=O) groups is 2. The third-order valence-corrected chi connectivity index (χ3v) is 4.80. The maximum atomic E-state index is 12.3. The Morgan fingerprint density at radius 1 is 0.793 bits per heavy atom. The van der Waals surface area contributed by atoms with Crippen LogP contribution in [0.3, 0.4) is 0 Å². The van der Waals surface area contributed by atoms with Gasteiger partial charge in [-0.05, 0) is 48.2 Å². The van der Waals surface area contributed by atoms with Gasteiger partial charge < -0.3 is 16.0 Å². The highest BCUT2D eigenvalue weighted by molar-refractivity contribution is 6.01. The second-order valence-electron chi connectivity index (χ2n) is 7.14. The fourth-order valence-corrected chi connectivity index (χ4v) is 3.08. The molecule has 0 saturated heterocycles. The van der Waals surface area contributed by atoms with Gasteiger partial charge in [-0.25, -0.2) is 0 Å². The first-order chi connectivity index (χ1) is 14.2. The molecule has 0 unspecified atom stereocenters. The lowest BCUT2D eigenvalue weighted by Crippen LogP contribution is -2.27. The molecule has 3 aromatic carbocycles. The Kier molecular flexibility index (Phi) is 5.56. The third-order valence-electron chi connectivity index (χ3n) is 4.80. The molecule has 0 bridgehead atoms. The van der Waals surface area contributed by atoms with Gasteiger partial charge in [0.15, 0.2) is 0 Å². The molecule has 0 aliphatic heterocycles. The predicted molar refractivity (Wildman–Crippen MR) is 116 cm³/mol. The Bertz CT molecular complexity index is 996. The zero-order valence-corrected chi connectivity index (χ0v) is 16.0. The number of carbonyl (C=O) groups excluding carboxylic acids is 2. The smallest absolute Gasteiger partial charge is 0.253 e. The van der Waals surface area contributed by atoms with Crippen LogP contribution in [0.1, 0.15) is 23.2 Å². The minimum absolute atomic E-state index is 0.0775. The molecular weight excluding hydrogens is 362 g/mol. The Hall–Kier alpha value is -3.60. The molecule has 4 rings (SSSR count). The van der Waals surface area contributed by atoms with E-state index in [0.717, 1.165) is 29.7 Å². The second kappa shape index (κ2) is 8.61. The van der Waals surface area contributed by atoms with E-state index in [9.17, 15) is 9.59 Å². The van der Waals surface area contributed by atoms with Crippen LogP contribution in [0.4, 0.5) is 11.4 Å². The lowest BCUT2D eigenvalue weighted by Gasteiger charge is -2.12. The second-order valence-corrected chi connectivity index (χ2v) is 7.14. The molecule has 1 aliphatic rings. The lowest BCUT2D eigenvalue weighted by atomic mass is 10.1. The summed E-state index contributed by atoms with van der Waals surface area (Å²) in [5.74, 6) is -0.276. The van der Waals surface area contributed by atoms with Gasteiger partial charge in [-0.3, -0.25) is 9.59 Å². The summed E-state index contributed by atoms with van der Waals surface area (Å²) in [6.07, 6.45) is 2.07. The highest BCUT2D eigenvalue weighted by Crippen LogP contribution is 2.22. The summed E-state index contributed by atoms with van der Waals surface area (Å²) < 4.78 is 0. The van der Waals surface area contributed by atoms with Gasteiger partial charge in [-0.2, -0.15) is 0 Å². The molecule has 0 atom stereocenters. The maximum absolute atomic E-state index is 12.3. The van der Waals surface area contributed by atoms with E-state index in [-0.39, 0.29) is 24.4 Å². The highest BCUT2D eigenvalue weighted by atomic mass is 16.2. The number of benzene rings is 3. The van der Waals surface area contributed by atoms with E-state index in [0.29, 0.717) is 11.3 Å². The van der Waals surface area contributed by atoms with Crippen molar-refractivity contribution >= 4 is 23.2 Å². The van der Waals surface area contributed by atoms with E-state index in [1.165, 1.54) is 0 Å². The van der Waals surface area contributed by atoms with E-state index in [4.69, 9.17) is 0 Å². The number of hydrogen-bond donors (Lipinski definition) is 3. The van der Waals surface area contributed by atoms with Crippen LogP contribution in [0.5, 0.6) is 0 Å². The van der Waals surface area contributed by atoms with Gasteiger partial charge in [0.25, 0.3) is 5.91 Å². The van der Waals surface area contributed by atoms with Crippen molar-refractivity contribution in [2.75, 3.05) is 17.2 Å². The van der Waals surface area contributed by atoms with Crippen LogP contribution in [0.25, 0.3) is 11.1 Å². The topological polar surface area (TPSA) is 70.2 Å². The van der Waals surface area contributed by atoms with Crippen molar-refractivity contribution in [2.45, 2.75) is 18.9 Å². The average Bonchev–Trinajstić information content (AvgIpc) is 3.57. The van der Waals surface area contributed by atoms with E-state index in [1.807, 2.05) is 72.8 Å². The minimum Gasteiger partial charge on any atom is -0.376 e. The van der Waals surface area contributed by atoms with Crippen LogP contribution >= 0.6 is 0 Å². The summed E-state index contributed by atoms with van der Waals surface area (Å²) >= 11 is 0. The van der Waals surface area contributed by atoms with Crippen LogP contribution in [-0.2, 0) is 4.79 Å². The Labute approximate surface area is 170 Å². The molecule has 2 amide bonds. The first kappa shape index (κ1) is 18.7. The van der Waals surface area contributed by atoms with Crippen molar-refractivity contribution in [3.8, 4) is 11.1 Å². The summed E-state index contributed by atoms with van der Waals surface area (Å²) in [5.41, 5.74) is 4.17. The molecule has 29 heavy (non-hydrogen) atoms. The summed E-state index contributed by atoms with van der Waals surface area (Å²) in [5, 5.41) is 8.93. The van der Waals surface area contributed by atoms with E-state index < -0.39 is 0 Å². The molecule has 0 spiro atoms. The largest absolute Gasteiger partial charge is 0.376 e. The first-order valence-corrected chi connectivity index (χ1v) is 9.78. The first-order valence-electron chi connectivity index (χ1n) is 9.78. The van der Waals surface area contributed by atoms with Crippen LogP contribution in [-0.4, -0.2) is 24.4 Å². The lowest BCUT2D eigenvalue weighted by molar-refractivity contribution is -0.114. The number of amides is 2. The van der Waals surface area contributed by atoms with Crippen molar-refractivity contribution in [3.63, 3.8) is 0 Å².